The van der Waals surface area contributed by atoms with Crippen LogP contribution in [0.4, 0.5) is 17.6 Å². The van der Waals surface area contributed by atoms with E-state index in [9.17, 15) is 22.4 Å². The van der Waals surface area contributed by atoms with E-state index in [2.05, 4.69) is 5.32 Å². The first-order chi connectivity index (χ1) is 11.5. The minimum absolute atomic E-state index is 0.0578. The Bertz CT molecular complexity index is 790. The first-order valence-corrected chi connectivity index (χ1v) is 7.87. The van der Waals surface area contributed by atoms with E-state index in [1.807, 2.05) is 0 Å². The molecule has 8 heteroatoms. The predicted molar refractivity (Wildman–Crippen MR) is 88.7 cm³/mol. The van der Waals surface area contributed by atoms with Gasteiger partial charge in [0.1, 0.15) is 0 Å². The van der Waals surface area contributed by atoms with Crippen molar-refractivity contribution in [3.05, 3.63) is 69.2 Å². The summed E-state index contributed by atoms with van der Waals surface area (Å²) in [5.74, 6) is -1.03. The fourth-order valence-corrected chi connectivity index (χ4v) is 2.88. The number of halogens is 6. The molecule has 0 radical (unpaired) electrons. The fourth-order valence-electron chi connectivity index (χ4n) is 2.28. The maximum Gasteiger partial charge on any atom is 0.417 e. The molecule has 0 aromatic heterocycles. The van der Waals surface area contributed by atoms with Gasteiger partial charge < -0.3 is 5.32 Å². The van der Waals surface area contributed by atoms with Crippen LogP contribution in [0.15, 0.2) is 42.5 Å². The summed E-state index contributed by atoms with van der Waals surface area (Å²) in [4.78, 5) is 12.1. The van der Waals surface area contributed by atoms with Crippen LogP contribution in [0.25, 0.3) is 0 Å². The van der Waals surface area contributed by atoms with E-state index in [0.717, 1.165) is 19.1 Å². The molecule has 25 heavy (non-hydrogen) atoms. The Hall–Kier alpha value is -1.79. The monoisotopic (exact) mass is 393 g/mol. The van der Waals surface area contributed by atoms with E-state index in [0.29, 0.717) is 5.02 Å². The van der Waals surface area contributed by atoms with Gasteiger partial charge in [-0.25, -0.2) is 4.39 Å². The lowest BCUT2D eigenvalue weighted by molar-refractivity contribution is -0.137. The van der Waals surface area contributed by atoms with Gasteiger partial charge in [0, 0.05) is 15.6 Å². The third-order valence-corrected chi connectivity index (χ3v) is 4.10. The molecule has 0 aliphatic heterocycles. The van der Waals surface area contributed by atoms with Crippen LogP contribution in [0.1, 0.15) is 28.4 Å². The number of carbonyl (C=O) groups is 1. The van der Waals surface area contributed by atoms with Gasteiger partial charge in [-0.2, -0.15) is 13.2 Å². The molecule has 0 spiro atoms. The Morgan fingerprint density at radius 1 is 1.04 bits per heavy atom. The van der Waals surface area contributed by atoms with Gasteiger partial charge in [0.05, 0.1) is 17.7 Å². The first-order valence-electron chi connectivity index (χ1n) is 7.11. The molecule has 2 nitrogen and oxygen atoms in total. The van der Waals surface area contributed by atoms with Crippen LogP contribution < -0.4 is 5.32 Å². The Kier molecular flexibility index (Phi) is 5.64. The van der Waals surface area contributed by atoms with Crippen molar-refractivity contribution < 1.29 is 22.4 Å². The summed E-state index contributed by atoms with van der Waals surface area (Å²) >= 11 is 11.7. The lowest BCUT2D eigenvalue weighted by Gasteiger charge is -2.23. The second-order valence-corrected chi connectivity index (χ2v) is 6.39. The van der Waals surface area contributed by atoms with Gasteiger partial charge in [-0.3, -0.25) is 4.79 Å². The van der Waals surface area contributed by atoms with Gasteiger partial charge >= 0.3 is 6.18 Å². The van der Waals surface area contributed by atoms with Crippen molar-refractivity contribution in [3.63, 3.8) is 0 Å². The molecule has 0 bridgehead atoms. The van der Waals surface area contributed by atoms with Gasteiger partial charge in [0.2, 0.25) is 0 Å². The molecule has 2 rings (SSSR count). The van der Waals surface area contributed by atoms with Crippen LogP contribution in [-0.4, -0.2) is 12.5 Å². The van der Waals surface area contributed by atoms with Crippen LogP contribution in [0.3, 0.4) is 0 Å². The van der Waals surface area contributed by atoms with Gasteiger partial charge in [0.25, 0.3) is 5.91 Å². The van der Waals surface area contributed by atoms with E-state index in [1.54, 1.807) is 0 Å². The number of nitrogens with one attached hydrogen (secondary N) is 1. The lowest BCUT2D eigenvalue weighted by Crippen LogP contribution is -2.36. The van der Waals surface area contributed by atoms with Crippen LogP contribution in [-0.2, 0) is 11.8 Å². The molecule has 0 fully saturated rings. The summed E-state index contributed by atoms with van der Waals surface area (Å²) in [6.07, 6.45) is -4.69. The van der Waals surface area contributed by atoms with Crippen molar-refractivity contribution in [2.75, 3.05) is 6.54 Å². The van der Waals surface area contributed by atoms with E-state index >= 15 is 0 Å². The normalized spacial score (nSPS) is 14.0. The van der Waals surface area contributed by atoms with Crippen LogP contribution in [0.5, 0.6) is 0 Å². The third kappa shape index (κ3) is 4.64. The molecule has 0 aliphatic rings. The van der Waals surface area contributed by atoms with Crippen LogP contribution in [0, 0.1) is 0 Å². The highest BCUT2D eigenvalue weighted by atomic mass is 35.5. The number of alkyl halides is 4. The van der Waals surface area contributed by atoms with Crippen molar-refractivity contribution in [1.82, 2.24) is 5.32 Å². The Morgan fingerprint density at radius 3 is 2.28 bits per heavy atom. The largest absolute Gasteiger partial charge is 0.417 e. The van der Waals surface area contributed by atoms with Crippen molar-refractivity contribution >= 4 is 29.1 Å². The van der Waals surface area contributed by atoms with Gasteiger partial charge in [-0.15, -0.1) is 0 Å². The zero-order valence-corrected chi connectivity index (χ0v) is 14.4. The summed E-state index contributed by atoms with van der Waals surface area (Å²) in [5.41, 5.74) is -3.68. The number of amides is 1. The van der Waals surface area contributed by atoms with E-state index in [1.165, 1.54) is 30.3 Å². The Morgan fingerprint density at radius 2 is 1.68 bits per heavy atom. The summed E-state index contributed by atoms with van der Waals surface area (Å²) in [6.45, 7) is 0.609. The molecule has 134 valence electrons. The minimum Gasteiger partial charge on any atom is -0.348 e. The lowest BCUT2D eigenvalue weighted by atomic mass is 9.97. The first kappa shape index (κ1) is 19.5. The quantitative estimate of drug-likeness (QED) is 0.670. The van der Waals surface area contributed by atoms with Crippen LogP contribution in [0.2, 0.25) is 10.0 Å². The number of benzene rings is 2. The highest BCUT2D eigenvalue weighted by Crippen LogP contribution is 2.34. The summed E-state index contributed by atoms with van der Waals surface area (Å²) in [5, 5.41) is 2.56. The van der Waals surface area contributed by atoms with Crippen molar-refractivity contribution in [2.24, 2.45) is 0 Å². The average molecular weight is 394 g/mol. The van der Waals surface area contributed by atoms with Crippen LogP contribution >= 0.6 is 23.2 Å². The van der Waals surface area contributed by atoms with E-state index in [4.69, 9.17) is 23.2 Å². The molecule has 1 amide bonds. The smallest absolute Gasteiger partial charge is 0.348 e. The SMILES string of the molecule is C[C@@](F)(CNC(=O)c1ccccc1C(F)(F)F)c1ccc(Cl)cc1Cl. The molecular formula is C17H13Cl2F4NO. The molecule has 2 aromatic rings. The molecule has 0 saturated heterocycles. The minimum atomic E-state index is -4.69. The topological polar surface area (TPSA) is 29.1 Å². The third-order valence-electron chi connectivity index (χ3n) is 3.55. The zero-order valence-electron chi connectivity index (χ0n) is 12.9. The molecule has 0 saturated carbocycles. The van der Waals surface area contributed by atoms with Crippen molar-refractivity contribution in [3.8, 4) is 0 Å². The predicted octanol–water partition coefficient (Wildman–Crippen LogP) is 5.63. The Labute approximate surface area is 151 Å². The van der Waals surface area contributed by atoms with Gasteiger partial charge in [-0.05, 0) is 31.2 Å². The maximum atomic E-state index is 14.9. The molecule has 2 aromatic carbocycles. The van der Waals surface area contributed by atoms with E-state index in [-0.39, 0.29) is 10.6 Å². The second-order valence-electron chi connectivity index (χ2n) is 5.55. The maximum absolute atomic E-state index is 14.9. The number of rotatable bonds is 4. The Balaban J connectivity index is 2.20. The zero-order chi connectivity index (χ0) is 18.8. The molecule has 1 atom stereocenters. The summed E-state index contributed by atoms with van der Waals surface area (Å²) in [7, 11) is 0. The van der Waals surface area contributed by atoms with Crippen molar-refractivity contribution in [2.45, 2.75) is 18.8 Å². The molecule has 1 N–H and O–H groups in total. The molecular weight excluding hydrogens is 381 g/mol. The number of hydrogen-bond acceptors (Lipinski definition) is 1. The number of carbonyl (C=O) groups excluding carboxylic acids is 1. The van der Waals surface area contributed by atoms with Gasteiger partial charge in [0.15, 0.2) is 5.67 Å². The van der Waals surface area contributed by atoms with Crippen molar-refractivity contribution in [1.29, 1.82) is 0 Å². The molecule has 0 heterocycles. The second kappa shape index (κ2) is 7.22. The molecule has 0 unspecified atom stereocenters. The highest BCUT2D eigenvalue weighted by molar-refractivity contribution is 6.35. The summed E-state index contributed by atoms with van der Waals surface area (Å²) in [6, 6.07) is 8.43. The average Bonchev–Trinajstić information content (AvgIpc) is 2.51. The van der Waals surface area contributed by atoms with E-state index < -0.39 is 35.4 Å². The van der Waals surface area contributed by atoms with Gasteiger partial charge in [-0.1, -0.05) is 41.4 Å². The number of hydrogen-bond donors (Lipinski definition) is 1. The molecule has 0 aliphatic carbocycles. The highest BCUT2D eigenvalue weighted by Gasteiger charge is 2.35. The fraction of sp³-hybridized carbons (Fsp3) is 0.235. The summed E-state index contributed by atoms with van der Waals surface area (Å²) < 4.78 is 53.7. The standard InChI is InChI=1S/C17H13Cl2F4NO/c1-16(20,13-7-6-10(18)8-14(13)19)9-24-15(25)11-4-2-3-5-12(11)17(21,22)23/h2-8H,9H2,1H3,(H,24,25)/t16-/m1/s1.